The van der Waals surface area contributed by atoms with E-state index in [9.17, 15) is 0 Å². The first kappa shape index (κ1) is 29.1. The predicted octanol–water partition coefficient (Wildman–Crippen LogP) is 14.2. The van der Waals surface area contributed by atoms with Crippen LogP contribution >= 0.6 is 11.3 Å². The third-order valence-corrected chi connectivity index (χ3v) is 13.1. The first-order valence-corrected chi connectivity index (χ1v) is 19.2. The van der Waals surface area contributed by atoms with E-state index < -0.39 is 5.41 Å². The Morgan fingerprint density at radius 1 is 0.340 bits per heavy atom. The second kappa shape index (κ2) is 10.8. The molecule has 2 aliphatic carbocycles. The van der Waals surface area contributed by atoms with Crippen LogP contribution in [-0.4, -0.2) is 0 Å². The summed E-state index contributed by atoms with van der Waals surface area (Å²) in [6, 6.07) is 70.0. The van der Waals surface area contributed by atoms with E-state index in [1.54, 1.807) is 0 Å². The molecular weight excluding hydrogens is 659 g/mol. The van der Waals surface area contributed by atoms with Crippen LogP contribution in [0.25, 0.3) is 64.7 Å². The molecule has 0 amide bonds. The predicted molar refractivity (Wildman–Crippen MR) is 225 cm³/mol. The van der Waals surface area contributed by atoms with Crippen molar-refractivity contribution < 1.29 is 0 Å². The van der Waals surface area contributed by atoms with Crippen molar-refractivity contribution >= 4 is 70.8 Å². The minimum atomic E-state index is -0.404. The minimum absolute atomic E-state index is 0.404. The molecule has 0 saturated heterocycles. The summed E-state index contributed by atoms with van der Waals surface area (Å²) < 4.78 is 1.34. The summed E-state index contributed by atoms with van der Waals surface area (Å²) in [5, 5.41) is 9.04. The van der Waals surface area contributed by atoms with Gasteiger partial charge >= 0.3 is 0 Å². The van der Waals surface area contributed by atoms with E-state index >= 15 is 0 Å². The van der Waals surface area contributed by atoms with Gasteiger partial charge in [0.15, 0.2) is 0 Å². The standard InChI is InChI=1S/C51H31NS/c1-2-14-32(15-3-1)52(33-26-28-39-37-18-5-4-16-35(37)36-17-6-7-19-38(36)44(39)30-33)34-27-29-41-40-20-8-11-23-45(40)51(47(41)31-34)46-24-12-9-21-42(46)49-43-22-10-13-25-48(43)53-50(49)51/h1-31H. The van der Waals surface area contributed by atoms with E-state index in [1.165, 1.54) is 86.2 Å². The van der Waals surface area contributed by atoms with Crippen molar-refractivity contribution in [2.75, 3.05) is 4.90 Å². The highest BCUT2D eigenvalue weighted by Gasteiger charge is 2.53. The lowest BCUT2D eigenvalue weighted by Gasteiger charge is -2.31. The quantitative estimate of drug-likeness (QED) is 0.167. The Labute approximate surface area is 311 Å². The first-order valence-electron chi connectivity index (χ1n) is 18.4. The molecule has 1 nitrogen and oxygen atoms in total. The number of benzene rings is 9. The Balaban J connectivity index is 1.15. The summed E-state index contributed by atoms with van der Waals surface area (Å²) in [5.74, 6) is 0. The van der Waals surface area contributed by atoms with Crippen LogP contribution in [-0.2, 0) is 5.41 Å². The van der Waals surface area contributed by atoms with Crippen molar-refractivity contribution in [2.24, 2.45) is 0 Å². The lowest BCUT2D eigenvalue weighted by molar-refractivity contribution is 0.811. The molecule has 0 saturated carbocycles. The molecule has 0 fully saturated rings. The summed E-state index contributed by atoms with van der Waals surface area (Å²) >= 11 is 1.96. The van der Waals surface area contributed by atoms with E-state index in [1.807, 2.05) is 11.3 Å². The van der Waals surface area contributed by atoms with Crippen molar-refractivity contribution in [1.82, 2.24) is 0 Å². The molecule has 0 radical (unpaired) electrons. The number of fused-ring (bicyclic) bond motifs is 18. The molecule has 9 aromatic carbocycles. The summed E-state index contributed by atoms with van der Waals surface area (Å²) in [4.78, 5) is 3.88. The van der Waals surface area contributed by atoms with Gasteiger partial charge in [-0.1, -0.05) is 146 Å². The minimum Gasteiger partial charge on any atom is -0.310 e. The van der Waals surface area contributed by atoms with Crippen molar-refractivity contribution in [3.05, 3.63) is 210 Å². The van der Waals surface area contributed by atoms with Gasteiger partial charge in [-0.25, -0.2) is 0 Å². The molecule has 53 heavy (non-hydrogen) atoms. The molecule has 0 aliphatic heterocycles. The van der Waals surface area contributed by atoms with Crippen LogP contribution in [0.2, 0.25) is 0 Å². The average molecular weight is 690 g/mol. The highest BCUT2D eigenvalue weighted by molar-refractivity contribution is 7.20. The number of hydrogen-bond donors (Lipinski definition) is 0. The van der Waals surface area contributed by atoms with Gasteiger partial charge in [-0.3, -0.25) is 0 Å². The van der Waals surface area contributed by atoms with Crippen molar-refractivity contribution in [3.8, 4) is 22.3 Å². The largest absolute Gasteiger partial charge is 0.310 e. The van der Waals surface area contributed by atoms with Crippen molar-refractivity contribution in [1.29, 1.82) is 0 Å². The molecule has 246 valence electrons. The van der Waals surface area contributed by atoms with Gasteiger partial charge in [0.05, 0.1) is 5.41 Å². The number of hydrogen-bond acceptors (Lipinski definition) is 2. The molecule has 1 aromatic heterocycles. The second-order valence-electron chi connectivity index (χ2n) is 14.4. The molecule has 0 bridgehead atoms. The van der Waals surface area contributed by atoms with Crippen molar-refractivity contribution in [2.45, 2.75) is 5.41 Å². The van der Waals surface area contributed by atoms with Crippen LogP contribution in [0.4, 0.5) is 17.1 Å². The van der Waals surface area contributed by atoms with E-state index in [0.29, 0.717) is 0 Å². The Kier molecular flexibility index (Phi) is 5.92. The fourth-order valence-corrected chi connectivity index (χ4v) is 11.2. The van der Waals surface area contributed by atoms with E-state index in [-0.39, 0.29) is 0 Å². The molecule has 0 N–H and O–H groups in total. The maximum absolute atomic E-state index is 2.50. The molecule has 1 unspecified atom stereocenters. The SMILES string of the molecule is c1ccc(N(c2ccc3c(c2)C2(c4ccccc4-3)c3ccccc3-c3c2sc2ccccc32)c2ccc3c4ccccc4c4ccccc4c3c2)cc1. The molecule has 1 heterocycles. The van der Waals surface area contributed by atoms with Crippen LogP contribution in [0.15, 0.2) is 188 Å². The smallest absolute Gasteiger partial charge is 0.0820 e. The number of thiophene rings is 1. The normalized spacial score (nSPS) is 15.2. The topological polar surface area (TPSA) is 3.24 Å². The van der Waals surface area contributed by atoms with Crippen LogP contribution in [0.5, 0.6) is 0 Å². The number of rotatable bonds is 3. The monoisotopic (exact) mass is 689 g/mol. The summed E-state index contributed by atoms with van der Waals surface area (Å²) in [6.45, 7) is 0. The van der Waals surface area contributed by atoms with Gasteiger partial charge < -0.3 is 4.90 Å². The van der Waals surface area contributed by atoms with Crippen LogP contribution in [0, 0.1) is 0 Å². The summed E-state index contributed by atoms with van der Waals surface area (Å²) in [7, 11) is 0. The Hall–Kier alpha value is -6.48. The van der Waals surface area contributed by atoms with Gasteiger partial charge in [0.2, 0.25) is 0 Å². The first-order chi connectivity index (χ1) is 26.3. The van der Waals surface area contributed by atoms with Gasteiger partial charge in [0, 0.05) is 37.6 Å². The zero-order chi connectivity index (χ0) is 34.7. The maximum Gasteiger partial charge on any atom is 0.0820 e. The fraction of sp³-hybridized carbons (Fsp3) is 0.0196. The van der Waals surface area contributed by atoms with Gasteiger partial charge in [-0.05, 0) is 108 Å². The Bertz CT molecular complexity index is 3100. The van der Waals surface area contributed by atoms with Crippen LogP contribution in [0.3, 0.4) is 0 Å². The second-order valence-corrected chi connectivity index (χ2v) is 15.4. The van der Waals surface area contributed by atoms with Crippen molar-refractivity contribution in [3.63, 3.8) is 0 Å². The Morgan fingerprint density at radius 2 is 0.849 bits per heavy atom. The molecule has 1 atom stereocenters. The van der Waals surface area contributed by atoms with Gasteiger partial charge in [0.25, 0.3) is 0 Å². The molecule has 2 aliphatic rings. The maximum atomic E-state index is 2.50. The van der Waals surface area contributed by atoms with E-state index in [2.05, 4.69) is 193 Å². The number of para-hydroxylation sites is 1. The summed E-state index contributed by atoms with van der Waals surface area (Å²) in [5.41, 5.74) is 12.5. The molecule has 2 heteroatoms. The number of anilines is 3. The lowest BCUT2D eigenvalue weighted by Crippen LogP contribution is -2.25. The third-order valence-electron chi connectivity index (χ3n) is 11.8. The fourth-order valence-electron chi connectivity index (χ4n) is 9.73. The van der Waals surface area contributed by atoms with Crippen LogP contribution in [0.1, 0.15) is 21.6 Å². The molecule has 1 spiro atoms. The lowest BCUT2D eigenvalue weighted by atomic mass is 9.74. The van der Waals surface area contributed by atoms with Gasteiger partial charge in [0.1, 0.15) is 0 Å². The third kappa shape index (κ3) is 3.81. The molecular formula is C51H31NS. The highest BCUT2D eigenvalue weighted by Crippen LogP contribution is 2.66. The number of nitrogens with zero attached hydrogens (tertiary/aromatic N) is 1. The van der Waals surface area contributed by atoms with E-state index in [0.717, 1.165) is 17.1 Å². The Morgan fingerprint density at radius 3 is 1.58 bits per heavy atom. The van der Waals surface area contributed by atoms with E-state index in [4.69, 9.17) is 0 Å². The highest BCUT2D eigenvalue weighted by atomic mass is 32.1. The zero-order valence-electron chi connectivity index (χ0n) is 28.8. The zero-order valence-corrected chi connectivity index (χ0v) is 29.6. The average Bonchev–Trinajstić information content (AvgIpc) is 3.85. The molecule has 12 rings (SSSR count). The van der Waals surface area contributed by atoms with Crippen LogP contribution < -0.4 is 4.90 Å². The van der Waals surface area contributed by atoms with Gasteiger partial charge in [-0.15, -0.1) is 11.3 Å². The summed E-state index contributed by atoms with van der Waals surface area (Å²) in [6.07, 6.45) is 0. The van der Waals surface area contributed by atoms with Gasteiger partial charge in [-0.2, -0.15) is 0 Å². The molecule has 10 aromatic rings.